The Hall–Kier alpha value is -4.82. The lowest BCUT2D eigenvalue weighted by Crippen LogP contribution is -2.39. The molecule has 2 aliphatic heterocycles. The number of carbonyl (C=O) groups is 1. The number of anilines is 1. The molecule has 11 heteroatoms. The van der Waals surface area contributed by atoms with Crippen molar-refractivity contribution in [2.24, 2.45) is 10.9 Å². The number of ketones is 1. The SMILES string of the molecule is [C-]#[N+]c1ccc(/C(F)=C/c2ccc(F)c([C@]34CN(c5ncc(F)c(C)n5)C[C@H]3CSC(CC(=O)c3ccccc3)=N4)c2)nc1. The maximum Gasteiger partial charge on any atom is 0.225 e. The maximum atomic E-state index is 15.8. The number of carbonyl (C=O) groups excluding carboxylic acids is 1. The van der Waals surface area contributed by atoms with Crippen LogP contribution >= 0.6 is 11.8 Å². The third-order valence-corrected chi connectivity index (χ3v) is 8.93. The van der Waals surface area contributed by atoms with E-state index in [0.717, 1.165) is 6.20 Å². The zero-order valence-electron chi connectivity index (χ0n) is 23.5. The van der Waals surface area contributed by atoms with Crippen LogP contribution in [-0.2, 0) is 5.54 Å². The second kappa shape index (κ2) is 12.1. The molecule has 220 valence electrons. The number of aliphatic imine (C=N–C) groups is 1. The quantitative estimate of drug-likeness (QED) is 0.162. The highest BCUT2D eigenvalue weighted by atomic mass is 32.2. The summed E-state index contributed by atoms with van der Waals surface area (Å²) in [5.74, 6) is -1.16. The predicted molar refractivity (Wildman–Crippen MR) is 165 cm³/mol. The Balaban J connectivity index is 1.41. The van der Waals surface area contributed by atoms with Crippen LogP contribution in [0.5, 0.6) is 0 Å². The molecular weight excluding hydrogens is 585 g/mol. The Morgan fingerprint density at radius 2 is 1.93 bits per heavy atom. The maximum absolute atomic E-state index is 15.8. The van der Waals surface area contributed by atoms with E-state index in [9.17, 15) is 9.18 Å². The standard InChI is InChI=1S/C33H25F3N6OS/c1-20-28(36)16-39-32(40-20)42-17-23-18-44-31(14-30(43)22-6-4-3-5-7-22)41-33(23,19-42)25-12-21(8-10-26(25)34)13-27(35)29-11-9-24(37-2)15-38-29/h3-13,15-16,23H,14,17-19H2,1H3/b27-13-/t23-,33-/m0/s1. The molecule has 0 unspecified atom stereocenters. The molecule has 4 heterocycles. The fourth-order valence-electron chi connectivity index (χ4n) is 5.51. The molecule has 7 nitrogen and oxygen atoms in total. The number of thioether (sulfide) groups is 1. The van der Waals surface area contributed by atoms with Gasteiger partial charge in [-0.25, -0.2) is 28.0 Å². The number of hydrogen-bond acceptors (Lipinski definition) is 7. The lowest BCUT2D eigenvalue weighted by molar-refractivity contribution is 0.100. The van der Waals surface area contributed by atoms with E-state index in [2.05, 4.69) is 19.8 Å². The van der Waals surface area contributed by atoms with E-state index >= 15 is 8.78 Å². The number of Topliss-reactive ketones (excluding diaryl/α,β-unsaturated/α-hetero) is 1. The van der Waals surface area contributed by atoms with Gasteiger partial charge in [-0.1, -0.05) is 42.5 Å². The first-order valence-electron chi connectivity index (χ1n) is 13.8. The number of hydrogen-bond donors (Lipinski definition) is 0. The minimum absolute atomic E-state index is 0.0454. The minimum Gasteiger partial charge on any atom is -0.338 e. The van der Waals surface area contributed by atoms with E-state index in [1.165, 1.54) is 48.3 Å². The highest BCUT2D eigenvalue weighted by molar-refractivity contribution is 8.14. The summed E-state index contributed by atoms with van der Waals surface area (Å²) in [5.41, 5.74) is 0.598. The van der Waals surface area contributed by atoms with Crippen LogP contribution in [0.1, 0.15) is 39.3 Å². The molecule has 0 bridgehead atoms. The van der Waals surface area contributed by atoms with Gasteiger partial charge in [-0.3, -0.25) is 14.8 Å². The van der Waals surface area contributed by atoms with Crippen molar-refractivity contribution in [1.29, 1.82) is 0 Å². The minimum atomic E-state index is -1.14. The van der Waals surface area contributed by atoms with Crippen molar-refractivity contribution >= 4 is 46.1 Å². The van der Waals surface area contributed by atoms with E-state index in [1.807, 2.05) is 11.0 Å². The van der Waals surface area contributed by atoms with Gasteiger partial charge in [0.2, 0.25) is 11.6 Å². The van der Waals surface area contributed by atoms with Crippen LogP contribution < -0.4 is 4.90 Å². The monoisotopic (exact) mass is 610 g/mol. The lowest BCUT2D eigenvalue weighted by atomic mass is 9.80. The first kappa shape index (κ1) is 29.3. The number of halogens is 3. The molecule has 0 aliphatic carbocycles. The molecular formula is C33H25F3N6OS. The summed E-state index contributed by atoms with van der Waals surface area (Å²) in [5, 5.41) is 0.573. The zero-order chi connectivity index (χ0) is 30.8. The lowest BCUT2D eigenvalue weighted by Gasteiger charge is -2.36. The number of fused-ring (bicyclic) bond motifs is 1. The molecule has 0 spiro atoms. The van der Waals surface area contributed by atoms with Gasteiger partial charge in [-0.05, 0) is 36.8 Å². The van der Waals surface area contributed by atoms with E-state index < -0.39 is 23.0 Å². The van der Waals surface area contributed by atoms with Gasteiger partial charge in [0.05, 0.1) is 42.2 Å². The topological polar surface area (TPSA) is 75.7 Å². The second-order valence-corrected chi connectivity index (χ2v) is 11.7. The summed E-state index contributed by atoms with van der Waals surface area (Å²) < 4.78 is 45.0. The van der Waals surface area contributed by atoms with Gasteiger partial charge in [-0.2, -0.15) is 0 Å². The largest absolute Gasteiger partial charge is 0.338 e. The number of rotatable bonds is 7. The van der Waals surface area contributed by atoms with Crippen molar-refractivity contribution in [3.05, 3.63) is 124 Å². The molecule has 0 radical (unpaired) electrons. The molecule has 44 heavy (non-hydrogen) atoms. The number of pyridine rings is 1. The van der Waals surface area contributed by atoms with Crippen LogP contribution in [0.2, 0.25) is 0 Å². The van der Waals surface area contributed by atoms with Gasteiger partial charge in [0, 0.05) is 35.5 Å². The summed E-state index contributed by atoms with van der Waals surface area (Å²) >= 11 is 1.46. The van der Waals surface area contributed by atoms with Crippen molar-refractivity contribution in [2.75, 3.05) is 23.7 Å². The van der Waals surface area contributed by atoms with Gasteiger partial charge in [0.15, 0.2) is 11.6 Å². The Morgan fingerprint density at radius 1 is 1.11 bits per heavy atom. The average molecular weight is 611 g/mol. The second-order valence-electron chi connectivity index (χ2n) is 10.6. The number of benzene rings is 2. The molecule has 1 fully saturated rings. The van der Waals surface area contributed by atoms with E-state index in [-0.39, 0.29) is 47.3 Å². The molecule has 2 atom stereocenters. The summed E-state index contributed by atoms with van der Waals surface area (Å²) in [7, 11) is 0. The summed E-state index contributed by atoms with van der Waals surface area (Å²) in [6.07, 6.45) is 3.71. The molecule has 0 saturated carbocycles. The van der Waals surface area contributed by atoms with Gasteiger partial charge in [0.25, 0.3) is 0 Å². The van der Waals surface area contributed by atoms with Crippen LogP contribution in [0.25, 0.3) is 16.7 Å². The van der Waals surface area contributed by atoms with Crippen molar-refractivity contribution in [3.63, 3.8) is 0 Å². The van der Waals surface area contributed by atoms with Crippen LogP contribution in [0.15, 0.2) is 78.0 Å². The highest BCUT2D eigenvalue weighted by Crippen LogP contribution is 2.48. The van der Waals surface area contributed by atoms with Crippen LogP contribution in [0.3, 0.4) is 0 Å². The average Bonchev–Trinajstić information content (AvgIpc) is 3.43. The Labute approximate surface area is 256 Å². The first-order valence-corrected chi connectivity index (χ1v) is 14.8. The molecule has 2 aromatic heterocycles. The summed E-state index contributed by atoms with van der Waals surface area (Å²) in [6, 6.07) is 16.1. The third kappa shape index (κ3) is 5.73. The zero-order valence-corrected chi connectivity index (χ0v) is 24.4. The van der Waals surface area contributed by atoms with Gasteiger partial charge in [-0.15, -0.1) is 11.8 Å². The van der Waals surface area contributed by atoms with Crippen molar-refractivity contribution in [2.45, 2.75) is 18.9 Å². The van der Waals surface area contributed by atoms with E-state index in [4.69, 9.17) is 11.6 Å². The van der Waals surface area contributed by atoms with E-state index in [1.54, 1.807) is 37.3 Å². The number of nitrogens with zero attached hydrogens (tertiary/aromatic N) is 6. The fraction of sp³-hybridized carbons (Fsp3) is 0.212. The summed E-state index contributed by atoms with van der Waals surface area (Å²) in [4.78, 5) is 35.8. The molecule has 0 amide bonds. The summed E-state index contributed by atoms with van der Waals surface area (Å²) in [6.45, 7) is 9.22. The molecule has 2 aliphatic rings. The molecule has 1 saturated heterocycles. The van der Waals surface area contributed by atoms with E-state index in [0.29, 0.717) is 34.4 Å². The van der Waals surface area contributed by atoms with Gasteiger partial charge < -0.3 is 4.90 Å². The first-order chi connectivity index (χ1) is 21.3. The normalized spacial score (nSPS) is 19.7. The smallest absolute Gasteiger partial charge is 0.225 e. The Morgan fingerprint density at radius 3 is 2.66 bits per heavy atom. The van der Waals surface area contributed by atoms with Crippen molar-refractivity contribution < 1.29 is 18.0 Å². The number of aromatic nitrogens is 3. The third-order valence-electron chi connectivity index (χ3n) is 7.79. The predicted octanol–water partition coefficient (Wildman–Crippen LogP) is 7.23. The fourth-order valence-corrected chi connectivity index (χ4v) is 6.75. The van der Waals surface area contributed by atoms with Crippen molar-refractivity contribution in [1.82, 2.24) is 15.0 Å². The van der Waals surface area contributed by atoms with Crippen LogP contribution in [0.4, 0.5) is 24.8 Å². The van der Waals surface area contributed by atoms with Gasteiger partial charge >= 0.3 is 0 Å². The molecule has 2 aromatic carbocycles. The molecule has 6 rings (SSSR count). The molecule has 0 N–H and O–H groups in total. The highest BCUT2D eigenvalue weighted by Gasteiger charge is 2.52. The Bertz CT molecular complexity index is 1840. The van der Waals surface area contributed by atoms with Crippen LogP contribution in [0, 0.1) is 31.0 Å². The van der Waals surface area contributed by atoms with Crippen LogP contribution in [-0.4, -0.2) is 44.6 Å². The number of aryl methyl sites for hydroxylation is 1. The Kier molecular flexibility index (Phi) is 8.01. The molecule has 4 aromatic rings. The van der Waals surface area contributed by atoms with Crippen molar-refractivity contribution in [3.8, 4) is 0 Å². The van der Waals surface area contributed by atoms with Gasteiger partial charge in [0.1, 0.15) is 17.2 Å².